The Balaban J connectivity index is 1.17. The summed E-state index contributed by atoms with van der Waals surface area (Å²) < 4.78 is 2.45. The van der Waals surface area contributed by atoms with Crippen LogP contribution in [0.1, 0.15) is 11.1 Å². The molecule has 0 spiro atoms. The highest BCUT2D eigenvalue weighted by atomic mass is 15.1. The molecule has 0 fully saturated rings. The Bertz CT molecular complexity index is 2820. The Morgan fingerprint density at radius 3 is 1.24 bits per heavy atom. The van der Waals surface area contributed by atoms with Gasteiger partial charge in [-0.25, -0.2) is 9.97 Å². The number of nitrogens with zero attached hydrogens (tertiary/aromatic N) is 5. The maximum Gasteiger partial charge on any atom is 0.159 e. The standard InChI is InChI=1S/C54H41N5/c1-38-39(2)51(33-30-48(38)40-24-26-41(27-25-40)54-55-34-15-35-56-54)59-52-31-28-46(57(42-16-7-3-8-17-42)43-18-9-4-10-19-43)36-49(52)50-37-47(29-32-53(50)59)58(44-20-11-5-12-21-44)45-22-13-6-14-23-45/h3-37H,1-2H3. The summed E-state index contributed by atoms with van der Waals surface area (Å²) in [6.07, 6.45) is 3.56. The molecule has 0 bridgehead atoms. The molecule has 10 rings (SSSR count). The molecule has 0 unspecified atom stereocenters. The molecule has 5 nitrogen and oxygen atoms in total. The van der Waals surface area contributed by atoms with Crippen molar-refractivity contribution in [2.24, 2.45) is 0 Å². The number of fused-ring (bicyclic) bond motifs is 3. The second-order valence-electron chi connectivity index (χ2n) is 14.8. The Morgan fingerprint density at radius 2 is 0.797 bits per heavy atom. The van der Waals surface area contributed by atoms with E-state index in [-0.39, 0.29) is 0 Å². The first-order valence-corrected chi connectivity index (χ1v) is 20.0. The van der Waals surface area contributed by atoms with Crippen LogP contribution in [0.4, 0.5) is 34.1 Å². The van der Waals surface area contributed by atoms with Crippen LogP contribution in [0.15, 0.2) is 213 Å². The van der Waals surface area contributed by atoms with Crippen molar-refractivity contribution in [2.45, 2.75) is 13.8 Å². The van der Waals surface area contributed by atoms with E-state index in [0.29, 0.717) is 0 Å². The van der Waals surface area contributed by atoms with Crippen LogP contribution >= 0.6 is 0 Å². The van der Waals surface area contributed by atoms with Crippen molar-refractivity contribution in [1.82, 2.24) is 14.5 Å². The van der Waals surface area contributed by atoms with Gasteiger partial charge in [0.15, 0.2) is 5.82 Å². The maximum absolute atomic E-state index is 4.45. The Hall–Kier alpha value is -7.76. The number of benzene rings is 8. The second kappa shape index (κ2) is 15.3. The number of hydrogen-bond donors (Lipinski definition) is 0. The van der Waals surface area contributed by atoms with E-state index >= 15 is 0 Å². The fourth-order valence-corrected chi connectivity index (χ4v) is 8.35. The molecule has 0 N–H and O–H groups in total. The van der Waals surface area contributed by atoms with Crippen molar-refractivity contribution in [3.05, 3.63) is 224 Å². The number of para-hydroxylation sites is 4. The lowest BCUT2D eigenvalue weighted by Gasteiger charge is -2.26. The minimum Gasteiger partial charge on any atom is -0.310 e. The number of anilines is 6. The van der Waals surface area contributed by atoms with Crippen molar-refractivity contribution < 1.29 is 0 Å². The fourth-order valence-electron chi connectivity index (χ4n) is 8.35. The lowest BCUT2D eigenvalue weighted by atomic mass is 9.95. The van der Waals surface area contributed by atoms with Crippen LogP contribution in [0, 0.1) is 13.8 Å². The second-order valence-corrected chi connectivity index (χ2v) is 14.8. The minimum atomic E-state index is 0.728. The monoisotopic (exact) mass is 759 g/mol. The third-order valence-corrected chi connectivity index (χ3v) is 11.3. The van der Waals surface area contributed by atoms with Crippen LogP contribution in [0.5, 0.6) is 0 Å². The van der Waals surface area contributed by atoms with Gasteiger partial charge in [-0.05, 0) is 133 Å². The predicted octanol–water partition coefficient (Wildman–Crippen LogP) is 14.5. The van der Waals surface area contributed by atoms with Gasteiger partial charge in [0.1, 0.15) is 0 Å². The van der Waals surface area contributed by atoms with Crippen LogP contribution in [0.2, 0.25) is 0 Å². The topological polar surface area (TPSA) is 37.2 Å². The molecule has 59 heavy (non-hydrogen) atoms. The molecule has 0 saturated heterocycles. The summed E-state index contributed by atoms with van der Waals surface area (Å²) in [5.41, 5.74) is 15.9. The van der Waals surface area contributed by atoms with Crippen molar-refractivity contribution in [1.29, 1.82) is 0 Å². The zero-order chi connectivity index (χ0) is 39.7. The van der Waals surface area contributed by atoms with Gasteiger partial charge in [0.2, 0.25) is 0 Å². The van der Waals surface area contributed by atoms with E-state index in [9.17, 15) is 0 Å². The van der Waals surface area contributed by atoms with Crippen molar-refractivity contribution in [3.63, 3.8) is 0 Å². The summed E-state index contributed by atoms with van der Waals surface area (Å²) >= 11 is 0. The molecule has 2 heterocycles. The molecular formula is C54H41N5. The number of aromatic nitrogens is 3. The lowest BCUT2D eigenvalue weighted by molar-refractivity contribution is 1.13. The first-order valence-electron chi connectivity index (χ1n) is 20.0. The highest BCUT2D eigenvalue weighted by molar-refractivity contribution is 6.12. The molecular weight excluding hydrogens is 719 g/mol. The molecule has 8 aromatic carbocycles. The van der Waals surface area contributed by atoms with Gasteiger partial charge in [0.25, 0.3) is 0 Å². The SMILES string of the molecule is Cc1c(-c2ccc(-c3ncccn3)cc2)ccc(-n2c3ccc(N(c4ccccc4)c4ccccc4)cc3c3cc(N(c4ccccc4)c4ccccc4)ccc32)c1C. The van der Waals surface area contributed by atoms with E-state index in [4.69, 9.17) is 0 Å². The quantitative estimate of drug-likeness (QED) is 0.147. The zero-order valence-corrected chi connectivity index (χ0v) is 32.9. The van der Waals surface area contributed by atoms with Gasteiger partial charge >= 0.3 is 0 Å². The van der Waals surface area contributed by atoms with E-state index in [0.717, 1.165) is 67.8 Å². The Morgan fingerprint density at radius 1 is 0.373 bits per heavy atom. The molecule has 0 saturated carbocycles. The largest absolute Gasteiger partial charge is 0.310 e. The van der Waals surface area contributed by atoms with Crippen LogP contribution in [0.25, 0.3) is 50.0 Å². The first kappa shape index (κ1) is 35.6. The van der Waals surface area contributed by atoms with Gasteiger partial charge < -0.3 is 14.4 Å². The third-order valence-electron chi connectivity index (χ3n) is 11.3. The maximum atomic E-state index is 4.45. The Kier molecular flexibility index (Phi) is 9.24. The van der Waals surface area contributed by atoms with E-state index in [1.807, 2.05) is 6.07 Å². The van der Waals surface area contributed by atoms with Crippen molar-refractivity contribution in [2.75, 3.05) is 9.80 Å². The molecule has 282 valence electrons. The predicted molar refractivity (Wildman–Crippen MR) is 246 cm³/mol. The van der Waals surface area contributed by atoms with Gasteiger partial charge in [-0.3, -0.25) is 0 Å². The minimum absolute atomic E-state index is 0.728. The molecule has 0 aliphatic rings. The summed E-state index contributed by atoms with van der Waals surface area (Å²) in [5.74, 6) is 0.728. The Labute approximate surface area is 344 Å². The van der Waals surface area contributed by atoms with Crippen LogP contribution < -0.4 is 9.80 Å². The van der Waals surface area contributed by atoms with Gasteiger partial charge in [-0.15, -0.1) is 0 Å². The lowest BCUT2D eigenvalue weighted by Crippen LogP contribution is -2.09. The highest BCUT2D eigenvalue weighted by Crippen LogP contribution is 2.43. The normalized spacial score (nSPS) is 11.2. The molecule has 0 atom stereocenters. The van der Waals surface area contributed by atoms with Gasteiger partial charge in [0, 0.05) is 68.5 Å². The molecule has 0 aliphatic heterocycles. The molecule has 5 heteroatoms. The molecule has 0 radical (unpaired) electrons. The summed E-state index contributed by atoms with van der Waals surface area (Å²) in [7, 11) is 0. The van der Waals surface area contributed by atoms with Gasteiger partial charge in [-0.2, -0.15) is 0 Å². The van der Waals surface area contributed by atoms with E-state index in [1.54, 1.807) is 12.4 Å². The van der Waals surface area contributed by atoms with E-state index < -0.39 is 0 Å². The summed E-state index contributed by atoms with van der Waals surface area (Å²) in [5, 5.41) is 2.36. The fraction of sp³-hybridized carbons (Fsp3) is 0.0370. The summed E-state index contributed by atoms with van der Waals surface area (Å²) in [6.45, 7) is 4.49. The summed E-state index contributed by atoms with van der Waals surface area (Å²) in [6, 6.07) is 71.3. The first-order chi connectivity index (χ1) is 29.1. The molecule has 2 aromatic heterocycles. The van der Waals surface area contributed by atoms with E-state index in [1.165, 1.54) is 27.5 Å². The molecule has 10 aromatic rings. The van der Waals surface area contributed by atoms with E-state index in [2.05, 4.69) is 232 Å². The van der Waals surface area contributed by atoms with Crippen molar-refractivity contribution >= 4 is 55.9 Å². The molecule has 0 amide bonds. The van der Waals surface area contributed by atoms with Crippen LogP contribution in [0.3, 0.4) is 0 Å². The summed E-state index contributed by atoms with van der Waals surface area (Å²) in [4.78, 5) is 13.6. The highest BCUT2D eigenvalue weighted by Gasteiger charge is 2.21. The van der Waals surface area contributed by atoms with Crippen molar-refractivity contribution in [3.8, 4) is 28.2 Å². The van der Waals surface area contributed by atoms with Gasteiger partial charge in [0.05, 0.1) is 11.0 Å². The van der Waals surface area contributed by atoms with Gasteiger partial charge in [-0.1, -0.05) is 103 Å². The molecule has 0 aliphatic carbocycles. The third kappa shape index (κ3) is 6.59. The zero-order valence-electron chi connectivity index (χ0n) is 32.9. The average Bonchev–Trinajstić information content (AvgIpc) is 3.62. The van der Waals surface area contributed by atoms with Crippen LogP contribution in [-0.4, -0.2) is 14.5 Å². The smallest absolute Gasteiger partial charge is 0.159 e. The average molecular weight is 760 g/mol. The number of hydrogen-bond acceptors (Lipinski definition) is 4. The number of rotatable bonds is 9. The van der Waals surface area contributed by atoms with Crippen LogP contribution in [-0.2, 0) is 0 Å².